The average molecular weight is 467 g/mol. The van der Waals surface area contributed by atoms with Crippen molar-refractivity contribution in [3.63, 3.8) is 0 Å². The predicted octanol–water partition coefficient (Wildman–Crippen LogP) is 4.57. The molecular formula is C19H19ClN4O4S2. The lowest BCUT2D eigenvalue weighted by atomic mass is 10.0. The minimum atomic E-state index is -3.95. The molecule has 1 N–H and O–H groups in total. The normalized spacial score (nSPS) is 14.1. The Bertz CT molecular complexity index is 1270. The number of amides is 1. The third-order valence-corrected chi connectivity index (χ3v) is 6.77. The van der Waals surface area contributed by atoms with E-state index >= 15 is 0 Å². The molecule has 1 amide bonds. The third kappa shape index (κ3) is 4.03. The molecule has 3 heterocycles. The molecule has 8 nitrogen and oxygen atoms in total. The highest BCUT2D eigenvalue weighted by atomic mass is 35.5. The zero-order valence-electron chi connectivity index (χ0n) is 16.4. The number of anilines is 1. The zero-order valence-corrected chi connectivity index (χ0v) is 18.8. The Morgan fingerprint density at radius 3 is 2.83 bits per heavy atom. The second kappa shape index (κ2) is 7.29. The molecule has 0 bridgehead atoms. The van der Waals surface area contributed by atoms with E-state index in [2.05, 4.69) is 9.71 Å². The van der Waals surface area contributed by atoms with Gasteiger partial charge in [0.2, 0.25) is 0 Å². The van der Waals surface area contributed by atoms with E-state index in [0.717, 1.165) is 11.1 Å². The molecule has 1 aromatic carbocycles. The van der Waals surface area contributed by atoms with Crippen molar-refractivity contribution >= 4 is 55.8 Å². The van der Waals surface area contributed by atoms with Gasteiger partial charge >= 0.3 is 6.09 Å². The molecule has 0 spiro atoms. The van der Waals surface area contributed by atoms with Crippen LogP contribution >= 0.6 is 22.9 Å². The van der Waals surface area contributed by atoms with E-state index < -0.39 is 21.7 Å². The van der Waals surface area contributed by atoms with Crippen LogP contribution in [0.1, 0.15) is 31.9 Å². The number of halogens is 1. The molecule has 0 fully saturated rings. The third-order valence-electron chi connectivity index (χ3n) is 4.23. The molecule has 0 unspecified atom stereocenters. The highest BCUT2D eigenvalue weighted by Gasteiger charge is 2.26. The Labute approximate surface area is 182 Å². The van der Waals surface area contributed by atoms with Gasteiger partial charge in [-0.2, -0.15) is 8.42 Å². The smallest absolute Gasteiger partial charge is 0.414 e. The fraction of sp³-hybridized carbons (Fsp3) is 0.263. The van der Waals surface area contributed by atoms with Gasteiger partial charge in [-0.05, 0) is 50.1 Å². The van der Waals surface area contributed by atoms with Crippen molar-refractivity contribution in [2.75, 3.05) is 4.72 Å². The van der Waals surface area contributed by atoms with Crippen LogP contribution in [0.5, 0.6) is 0 Å². The fourth-order valence-corrected chi connectivity index (χ4v) is 5.50. The van der Waals surface area contributed by atoms with E-state index in [-0.39, 0.29) is 10.2 Å². The number of sulfonamides is 1. The molecule has 30 heavy (non-hydrogen) atoms. The van der Waals surface area contributed by atoms with Crippen molar-refractivity contribution in [3.8, 4) is 0 Å². The Morgan fingerprint density at radius 2 is 2.10 bits per heavy atom. The van der Waals surface area contributed by atoms with E-state index in [9.17, 15) is 13.2 Å². The highest BCUT2D eigenvalue weighted by Crippen LogP contribution is 2.29. The maximum Gasteiger partial charge on any atom is 0.414 e. The molecular weight excluding hydrogens is 448 g/mol. The summed E-state index contributed by atoms with van der Waals surface area (Å²) in [4.78, 5) is 18.3. The molecule has 0 atom stereocenters. The van der Waals surface area contributed by atoms with Gasteiger partial charge < -0.3 is 4.74 Å². The van der Waals surface area contributed by atoms with Gasteiger partial charge in [-0.25, -0.2) is 9.78 Å². The first-order valence-corrected chi connectivity index (χ1v) is 11.7. The number of carbonyl (C=O) groups is 1. The number of thiazole rings is 1. The van der Waals surface area contributed by atoms with E-state index in [1.165, 1.54) is 20.6 Å². The molecule has 4 rings (SSSR count). The first-order chi connectivity index (χ1) is 14.0. The molecule has 2 aromatic heterocycles. The molecule has 1 aliphatic rings. The summed E-state index contributed by atoms with van der Waals surface area (Å²) in [5.74, 6) is 0. The predicted molar refractivity (Wildman–Crippen MR) is 116 cm³/mol. The number of rotatable bonds is 3. The summed E-state index contributed by atoms with van der Waals surface area (Å²) in [5, 5.41) is 1.54. The number of imidazole rings is 1. The minimum absolute atomic E-state index is 0.0831. The summed E-state index contributed by atoms with van der Waals surface area (Å²) in [6.07, 6.45) is 4.53. The highest BCUT2D eigenvalue weighted by molar-refractivity contribution is 7.92. The molecule has 0 saturated carbocycles. The van der Waals surface area contributed by atoms with Crippen LogP contribution in [0.4, 0.5) is 10.5 Å². The fourth-order valence-electron chi connectivity index (χ4n) is 2.99. The maximum atomic E-state index is 12.9. The molecule has 158 valence electrons. The second-order valence-electron chi connectivity index (χ2n) is 7.71. The van der Waals surface area contributed by atoms with Crippen LogP contribution < -0.4 is 4.72 Å². The first kappa shape index (κ1) is 20.7. The molecule has 0 radical (unpaired) electrons. The number of ether oxygens (including phenoxy) is 1. The van der Waals surface area contributed by atoms with Crippen LogP contribution in [-0.4, -0.2) is 34.4 Å². The van der Waals surface area contributed by atoms with Crippen molar-refractivity contribution in [1.82, 2.24) is 14.3 Å². The summed E-state index contributed by atoms with van der Waals surface area (Å²) < 4.78 is 35.2. The maximum absolute atomic E-state index is 12.9. The van der Waals surface area contributed by atoms with E-state index in [1.807, 2.05) is 20.8 Å². The number of fused-ring (bicyclic) bond motifs is 2. The Kier molecular flexibility index (Phi) is 5.03. The lowest BCUT2D eigenvalue weighted by Gasteiger charge is -2.27. The van der Waals surface area contributed by atoms with Crippen LogP contribution in [0.2, 0.25) is 5.15 Å². The average Bonchev–Trinajstić information content (AvgIpc) is 3.19. The molecule has 0 saturated heterocycles. The summed E-state index contributed by atoms with van der Waals surface area (Å²) in [5.41, 5.74) is 1.46. The van der Waals surface area contributed by atoms with Crippen molar-refractivity contribution in [2.24, 2.45) is 0 Å². The van der Waals surface area contributed by atoms with Crippen LogP contribution in [0.15, 0.2) is 41.0 Å². The number of nitrogens with one attached hydrogen (secondary N) is 1. The van der Waals surface area contributed by atoms with Crippen molar-refractivity contribution < 1.29 is 17.9 Å². The van der Waals surface area contributed by atoms with Crippen molar-refractivity contribution in [1.29, 1.82) is 0 Å². The van der Waals surface area contributed by atoms with Crippen LogP contribution in [-0.2, 0) is 21.3 Å². The Morgan fingerprint density at radius 1 is 1.33 bits per heavy atom. The standard InChI is InChI=1S/C19H19ClN4O4S2/c1-19(2,3)28-18(25)23-7-6-12-10-14(5-4-13(12)11-23)22-30(26,27)16-15(20)21-17-24(16)8-9-29-17/h4-10,22H,11H2,1-3H3. The summed E-state index contributed by atoms with van der Waals surface area (Å²) in [7, 11) is -3.95. The van der Waals surface area contributed by atoms with Crippen LogP contribution in [0, 0.1) is 0 Å². The molecule has 11 heteroatoms. The SMILES string of the molecule is CC(C)(C)OC(=O)N1C=Cc2cc(NS(=O)(=O)c3c(Cl)nc4sccn34)ccc2C1. The van der Waals surface area contributed by atoms with E-state index in [4.69, 9.17) is 16.3 Å². The zero-order chi connectivity index (χ0) is 21.7. The lowest BCUT2D eigenvalue weighted by Crippen LogP contribution is -2.34. The van der Waals surface area contributed by atoms with E-state index in [1.54, 1.807) is 42.1 Å². The Balaban J connectivity index is 1.56. The monoisotopic (exact) mass is 466 g/mol. The second-order valence-corrected chi connectivity index (χ2v) is 10.5. The van der Waals surface area contributed by atoms with Gasteiger partial charge in [0.25, 0.3) is 10.0 Å². The number of carbonyl (C=O) groups excluding carboxylic acids is 1. The number of aromatic nitrogens is 2. The molecule has 3 aromatic rings. The van der Waals surface area contributed by atoms with Gasteiger partial charge in [0, 0.05) is 23.5 Å². The van der Waals surface area contributed by atoms with Gasteiger partial charge in [-0.15, -0.1) is 11.3 Å². The van der Waals surface area contributed by atoms with Crippen LogP contribution in [0.3, 0.4) is 0 Å². The van der Waals surface area contributed by atoms with Gasteiger partial charge in [-0.3, -0.25) is 14.0 Å². The molecule has 1 aliphatic heterocycles. The van der Waals surface area contributed by atoms with Crippen molar-refractivity contribution in [2.45, 2.75) is 37.9 Å². The number of hydrogen-bond donors (Lipinski definition) is 1. The topological polar surface area (TPSA) is 93.0 Å². The summed E-state index contributed by atoms with van der Waals surface area (Å²) in [6, 6.07) is 5.12. The first-order valence-electron chi connectivity index (χ1n) is 8.98. The Hall–Kier alpha value is -2.56. The van der Waals surface area contributed by atoms with E-state index in [0.29, 0.717) is 17.2 Å². The lowest BCUT2D eigenvalue weighted by molar-refractivity contribution is 0.0322. The van der Waals surface area contributed by atoms with Gasteiger partial charge in [0.1, 0.15) is 5.60 Å². The summed E-state index contributed by atoms with van der Waals surface area (Å²) >= 11 is 7.35. The molecule has 0 aliphatic carbocycles. The number of nitrogens with zero attached hydrogens (tertiary/aromatic N) is 3. The van der Waals surface area contributed by atoms with Gasteiger partial charge in [0.15, 0.2) is 15.1 Å². The van der Waals surface area contributed by atoms with Crippen LogP contribution in [0.25, 0.3) is 11.0 Å². The number of hydrogen-bond acceptors (Lipinski definition) is 6. The largest absolute Gasteiger partial charge is 0.443 e. The van der Waals surface area contributed by atoms with Crippen molar-refractivity contribution in [3.05, 3.63) is 52.3 Å². The number of benzene rings is 1. The minimum Gasteiger partial charge on any atom is -0.443 e. The summed E-state index contributed by atoms with van der Waals surface area (Å²) in [6.45, 7) is 5.75. The van der Waals surface area contributed by atoms with Gasteiger partial charge in [0.05, 0.1) is 6.54 Å². The van der Waals surface area contributed by atoms with Gasteiger partial charge in [-0.1, -0.05) is 17.7 Å². The quantitative estimate of drug-likeness (QED) is 0.610.